The first kappa shape index (κ1) is 11.0. The zero-order valence-electron chi connectivity index (χ0n) is 8.08. The molecule has 1 aromatic rings. The second-order valence-corrected chi connectivity index (χ2v) is 5.06. The van der Waals surface area contributed by atoms with Gasteiger partial charge in [0, 0.05) is 12.0 Å². The van der Waals surface area contributed by atoms with Gasteiger partial charge in [0.2, 0.25) is 5.25 Å². The van der Waals surface area contributed by atoms with Gasteiger partial charge in [-0.2, -0.15) is 8.42 Å². The van der Waals surface area contributed by atoms with E-state index in [1.54, 1.807) is 18.2 Å². The van der Waals surface area contributed by atoms with E-state index in [9.17, 15) is 18.0 Å². The Morgan fingerprint density at radius 3 is 2.44 bits per heavy atom. The van der Waals surface area contributed by atoms with Crippen LogP contribution in [0.2, 0.25) is 0 Å². The third-order valence-corrected chi connectivity index (χ3v) is 3.55. The molecule has 6 heteroatoms. The largest absolute Gasteiger partial charge is 0.297 e. The minimum absolute atomic E-state index is 0.146. The number of carbonyl (C=O) groups excluding carboxylic acids is 2. The molecule has 2 rings (SSSR count). The summed E-state index contributed by atoms with van der Waals surface area (Å²) in [6, 6.07) is 6.27. The van der Waals surface area contributed by atoms with E-state index in [1.807, 2.05) is 0 Å². The number of hydrogen-bond donors (Lipinski definition) is 1. The summed E-state index contributed by atoms with van der Waals surface area (Å²) in [7, 11) is -4.67. The minimum atomic E-state index is -4.67. The number of fused-ring (bicyclic) bond motifs is 1. The fraction of sp³-hybridized carbons (Fsp3) is 0.200. The molecule has 1 aromatic carbocycles. The van der Waals surface area contributed by atoms with Crippen LogP contribution in [0, 0.1) is 0 Å². The average molecular weight is 240 g/mol. The SMILES string of the molecule is O=C1Cc2ccccc2C(=O)C1S(=O)(=O)O. The molecule has 0 aromatic heterocycles. The van der Waals surface area contributed by atoms with E-state index in [0.29, 0.717) is 5.56 Å². The fourth-order valence-corrected chi connectivity index (χ4v) is 2.60. The lowest BCUT2D eigenvalue weighted by Crippen LogP contribution is -2.42. The van der Waals surface area contributed by atoms with Crippen LogP contribution in [-0.2, 0) is 21.3 Å². The second-order valence-electron chi connectivity index (χ2n) is 3.56. The molecule has 0 aliphatic heterocycles. The molecule has 0 saturated carbocycles. The number of hydrogen-bond acceptors (Lipinski definition) is 4. The van der Waals surface area contributed by atoms with Crippen LogP contribution in [-0.4, -0.2) is 29.8 Å². The molecule has 1 aliphatic rings. The third kappa shape index (κ3) is 1.66. The molecule has 1 N–H and O–H groups in total. The van der Waals surface area contributed by atoms with E-state index in [1.165, 1.54) is 6.07 Å². The molecule has 0 saturated heterocycles. The molecular weight excluding hydrogens is 232 g/mol. The van der Waals surface area contributed by atoms with Crippen molar-refractivity contribution in [3.63, 3.8) is 0 Å². The van der Waals surface area contributed by atoms with Gasteiger partial charge in [-0.15, -0.1) is 0 Å². The number of Topliss-reactive ketones (excluding diaryl/α,β-unsaturated/α-hetero) is 2. The molecule has 0 radical (unpaired) electrons. The Morgan fingerprint density at radius 2 is 1.81 bits per heavy atom. The normalized spacial score (nSPS) is 20.7. The highest BCUT2D eigenvalue weighted by molar-refractivity contribution is 7.88. The summed E-state index contributed by atoms with van der Waals surface area (Å²) in [5.74, 6) is -1.64. The molecule has 5 nitrogen and oxygen atoms in total. The van der Waals surface area contributed by atoms with Gasteiger partial charge in [-0.1, -0.05) is 24.3 Å². The molecule has 0 fully saturated rings. The highest BCUT2D eigenvalue weighted by atomic mass is 32.2. The summed E-state index contributed by atoms with van der Waals surface area (Å²) >= 11 is 0. The van der Waals surface area contributed by atoms with Gasteiger partial charge in [-0.3, -0.25) is 14.1 Å². The second kappa shape index (κ2) is 3.50. The standard InChI is InChI=1S/C10H8O5S/c11-8-5-6-3-1-2-4-7(6)9(12)10(8)16(13,14)15/h1-4,10H,5H2,(H,13,14,15). The number of ketones is 2. The van der Waals surface area contributed by atoms with Crippen molar-refractivity contribution in [2.75, 3.05) is 0 Å². The summed E-state index contributed by atoms with van der Waals surface area (Å²) in [6.07, 6.45) is -0.146. The van der Waals surface area contributed by atoms with Crippen LogP contribution in [0.3, 0.4) is 0 Å². The van der Waals surface area contributed by atoms with Crippen molar-refractivity contribution in [2.45, 2.75) is 11.7 Å². The van der Waals surface area contributed by atoms with Crippen LogP contribution in [0.25, 0.3) is 0 Å². The molecule has 1 aliphatic carbocycles. The Morgan fingerprint density at radius 1 is 1.19 bits per heavy atom. The maximum Gasteiger partial charge on any atom is 0.282 e. The van der Waals surface area contributed by atoms with Gasteiger partial charge in [-0.25, -0.2) is 0 Å². The molecule has 1 atom stereocenters. The summed E-state index contributed by atoms with van der Waals surface area (Å²) in [6.45, 7) is 0. The van der Waals surface area contributed by atoms with E-state index in [-0.39, 0.29) is 12.0 Å². The third-order valence-electron chi connectivity index (χ3n) is 2.48. The predicted octanol–water partition coefficient (Wildman–Crippen LogP) is 0.251. The highest BCUT2D eigenvalue weighted by Gasteiger charge is 2.42. The first-order valence-electron chi connectivity index (χ1n) is 4.52. The van der Waals surface area contributed by atoms with Gasteiger partial charge in [0.1, 0.15) is 0 Å². The molecule has 0 bridgehead atoms. The topological polar surface area (TPSA) is 88.5 Å². The number of rotatable bonds is 1. The summed E-state index contributed by atoms with van der Waals surface area (Å²) in [5.41, 5.74) is 0.683. The first-order valence-corrected chi connectivity index (χ1v) is 6.02. The van der Waals surface area contributed by atoms with E-state index >= 15 is 0 Å². The Labute approximate surface area is 91.8 Å². The quantitative estimate of drug-likeness (QED) is 0.561. The summed E-state index contributed by atoms with van der Waals surface area (Å²) in [5, 5.41) is -1.96. The lowest BCUT2D eigenvalue weighted by Gasteiger charge is -2.19. The number of benzene rings is 1. The Hall–Kier alpha value is -1.53. The molecule has 84 valence electrons. The van der Waals surface area contributed by atoms with E-state index in [2.05, 4.69) is 0 Å². The summed E-state index contributed by atoms with van der Waals surface area (Å²) in [4.78, 5) is 23.2. The van der Waals surface area contributed by atoms with Crippen molar-refractivity contribution < 1.29 is 22.6 Å². The highest BCUT2D eigenvalue weighted by Crippen LogP contribution is 2.22. The molecule has 1 unspecified atom stereocenters. The van der Waals surface area contributed by atoms with Gasteiger partial charge in [0.25, 0.3) is 10.1 Å². The molecule has 0 spiro atoms. The van der Waals surface area contributed by atoms with Crippen LogP contribution in [0.5, 0.6) is 0 Å². The van der Waals surface area contributed by atoms with Crippen LogP contribution in [0.1, 0.15) is 15.9 Å². The molecule has 0 heterocycles. The van der Waals surface area contributed by atoms with Crippen molar-refractivity contribution in [1.29, 1.82) is 0 Å². The average Bonchev–Trinajstić information content (AvgIpc) is 2.15. The van der Waals surface area contributed by atoms with Crippen molar-refractivity contribution in [3.05, 3.63) is 35.4 Å². The zero-order chi connectivity index (χ0) is 11.9. The van der Waals surface area contributed by atoms with Crippen molar-refractivity contribution in [3.8, 4) is 0 Å². The van der Waals surface area contributed by atoms with Crippen LogP contribution in [0.15, 0.2) is 24.3 Å². The van der Waals surface area contributed by atoms with Crippen molar-refractivity contribution >= 4 is 21.7 Å². The first-order chi connectivity index (χ1) is 7.41. The molecule has 16 heavy (non-hydrogen) atoms. The fourth-order valence-electron chi connectivity index (χ4n) is 1.78. The smallest absolute Gasteiger partial charge is 0.282 e. The Balaban J connectivity index is 2.59. The van der Waals surface area contributed by atoms with Gasteiger partial charge >= 0.3 is 0 Å². The van der Waals surface area contributed by atoms with Crippen molar-refractivity contribution in [2.24, 2.45) is 0 Å². The van der Waals surface area contributed by atoms with Gasteiger partial charge in [-0.05, 0) is 5.56 Å². The number of carbonyl (C=O) groups is 2. The van der Waals surface area contributed by atoms with E-state index in [4.69, 9.17) is 4.55 Å². The Bertz CT molecular complexity index is 573. The van der Waals surface area contributed by atoms with Crippen LogP contribution >= 0.6 is 0 Å². The minimum Gasteiger partial charge on any atom is -0.297 e. The molecule has 0 amide bonds. The lowest BCUT2D eigenvalue weighted by atomic mass is 9.89. The monoisotopic (exact) mass is 240 g/mol. The predicted molar refractivity (Wildman–Crippen MR) is 54.8 cm³/mol. The Kier molecular flexibility index (Phi) is 2.40. The van der Waals surface area contributed by atoms with Gasteiger partial charge in [0.15, 0.2) is 11.6 Å². The van der Waals surface area contributed by atoms with Crippen LogP contribution in [0.4, 0.5) is 0 Å². The van der Waals surface area contributed by atoms with Crippen LogP contribution < -0.4 is 0 Å². The summed E-state index contributed by atoms with van der Waals surface area (Å²) < 4.78 is 30.7. The van der Waals surface area contributed by atoms with Gasteiger partial charge < -0.3 is 0 Å². The van der Waals surface area contributed by atoms with E-state index in [0.717, 1.165) is 0 Å². The van der Waals surface area contributed by atoms with Crippen molar-refractivity contribution in [1.82, 2.24) is 0 Å². The maximum absolute atomic E-state index is 11.7. The lowest BCUT2D eigenvalue weighted by molar-refractivity contribution is -0.117. The maximum atomic E-state index is 11.7. The molecular formula is C10H8O5S. The zero-order valence-corrected chi connectivity index (χ0v) is 8.90. The van der Waals surface area contributed by atoms with E-state index < -0.39 is 26.9 Å². The van der Waals surface area contributed by atoms with Gasteiger partial charge in [0.05, 0.1) is 0 Å².